The van der Waals surface area contributed by atoms with Crippen LogP contribution in [-0.2, 0) is 4.79 Å². The molecule has 0 radical (unpaired) electrons. The highest BCUT2D eigenvalue weighted by Crippen LogP contribution is 2.40. The van der Waals surface area contributed by atoms with E-state index in [1.54, 1.807) is 25.6 Å². The second-order valence-electron chi connectivity index (χ2n) is 6.29. The molecule has 0 atom stereocenters. The minimum atomic E-state index is -0.0215. The molecule has 0 aromatic carbocycles. The number of aromatic nitrogens is 1. The first-order valence-corrected chi connectivity index (χ1v) is 7.56. The molecule has 2 saturated heterocycles. The number of likely N-dealkylation sites (tertiary alicyclic amines) is 2. The third-order valence-corrected chi connectivity index (χ3v) is 4.87. The van der Waals surface area contributed by atoms with E-state index in [1.165, 1.54) is 0 Å². The summed E-state index contributed by atoms with van der Waals surface area (Å²) in [4.78, 5) is 32.1. The molecule has 0 unspecified atom stereocenters. The number of amides is 2. The van der Waals surface area contributed by atoms with Crippen LogP contribution in [0.1, 0.15) is 29.6 Å². The minimum absolute atomic E-state index is 0.0215. The van der Waals surface area contributed by atoms with Crippen LogP contribution in [-0.4, -0.2) is 60.4 Å². The average Bonchev–Trinajstić information content (AvgIpc) is 2.81. The third-order valence-electron chi connectivity index (χ3n) is 4.87. The zero-order valence-electron chi connectivity index (χ0n) is 13.0. The molecular weight excluding hydrogens is 282 g/mol. The van der Waals surface area contributed by atoms with Crippen LogP contribution in [0.5, 0.6) is 5.75 Å². The molecule has 1 aromatic rings. The fourth-order valence-corrected chi connectivity index (χ4v) is 3.51. The van der Waals surface area contributed by atoms with Crippen molar-refractivity contribution in [3.63, 3.8) is 0 Å². The fraction of sp³-hybridized carbons (Fsp3) is 0.562. The van der Waals surface area contributed by atoms with Gasteiger partial charge >= 0.3 is 0 Å². The van der Waals surface area contributed by atoms with E-state index in [9.17, 15) is 9.59 Å². The Kier molecular flexibility index (Phi) is 3.76. The van der Waals surface area contributed by atoms with Crippen LogP contribution in [0.3, 0.4) is 0 Å². The maximum Gasteiger partial charge on any atom is 0.257 e. The standard InChI is InChI=1S/C16H21N3O3/c1-18-11-16(9-14(18)20)4-7-19(8-5-16)15(21)12-3-6-17-10-13(12)22-2/h3,6,10H,4-5,7-9,11H2,1-2H3. The van der Waals surface area contributed by atoms with Crippen molar-refractivity contribution >= 4 is 11.8 Å². The lowest BCUT2D eigenvalue weighted by atomic mass is 9.77. The highest BCUT2D eigenvalue weighted by molar-refractivity contribution is 5.96. The molecule has 1 spiro atoms. The summed E-state index contributed by atoms with van der Waals surface area (Å²) in [5, 5.41) is 0. The van der Waals surface area contributed by atoms with Crippen LogP contribution in [0, 0.1) is 5.41 Å². The molecule has 0 aliphatic carbocycles. The summed E-state index contributed by atoms with van der Waals surface area (Å²) in [6, 6.07) is 1.69. The van der Waals surface area contributed by atoms with Crippen molar-refractivity contribution < 1.29 is 14.3 Å². The summed E-state index contributed by atoms with van der Waals surface area (Å²) in [5.74, 6) is 0.700. The number of hydrogen-bond donors (Lipinski definition) is 0. The predicted molar refractivity (Wildman–Crippen MR) is 80.6 cm³/mol. The summed E-state index contributed by atoms with van der Waals surface area (Å²) in [6.45, 7) is 2.18. The van der Waals surface area contributed by atoms with Crippen molar-refractivity contribution in [3.05, 3.63) is 24.0 Å². The third kappa shape index (κ3) is 2.53. The fourth-order valence-electron chi connectivity index (χ4n) is 3.51. The lowest BCUT2D eigenvalue weighted by Crippen LogP contribution is -2.44. The molecule has 6 nitrogen and oxygen atoms in total. The van der Waals surface area contributed by atoms with Gasteiger partial charge in [0, 0.05) is 44.7 Å². The van der Waals surface area contributed by atoms with Crippen LogP contribution in [0.2, 0.25) is 0 Å². The molecule has 6 heteroatoms. The molecule has 118 valence electrons. The van der Waals surface area contributed by atoms with Crippen molar-refractivity contribution in [1.29, 1.82) is 0 Å². The summed E-state index contributed by atoms with van der Waals surface area (Å²) >= 11 is 0. The predicted octanol–water partition coefficient (Wildman–Crippen LogP) is 1.17. The Morgan fingerprint density at radius 2 is 2.09 bits per heavy atom. The van der Waals surface area contributed by atoms with Gasteiger partial charge in [-0.15, -0.1) is 0 Å². The van der Waals surface area contributed by atoms with Gasteiger partial charge in [-0.05, 0) is 18.9 Å². The lowest BCUT2D eigenvalue weighted by molar-refractivity contribution is -0.126. The molecule has 1 aromatic heterocycles. The van der Waals surface area contributed by atoms with E-state index in [1.807, 2.05) is 16.8 Å². The molecule has 3 heterocycles. The van der Waals surface area contributed by atoms with E-state index in [0.717, 1.165) is 19.4 Å². The quantitative estimate of drug-likeness (QED) is 0.823. The van der Waals surface area contributed by atoms with Gasteiger partial charge in [0.1, 0.15) is 5.75 Å². The normalized spacial score (nSPS) is 20.5. The van der Waals surface area contributed by atoms with Crippen molar-refractivity contribution in [3.8, 4) is 5.75 Å². The first-order chi connectivity index (χ1) is 10.5. The SMILES string of the molecule is COc1cnccc1C(=O)N1CCC2(CC1)CC(=O)N(C)C2. The second-order valence-corrected chi connectivity index (χ2v) is 6.29. The number of pyridine rings is 1. The smallest absolute Gasteiger partial charge is 0.257 e. The molecule has 3 rings (SSSR count). The zero-order chi connectivity index (χ0) is 15.7. The molecular formula is C16H21N3O3. The first kappa shape index (κ1) is 14.8. The second kappa shape index (κ2) is 5.59. The first-order valence-electron chi connectivity index (χ1n) is 7.56. The summed E-state index contributed by atoms with van der Waals surface area (Å²) in [6.07, 6.45) is 5.53. The summed E-state index contributed by atoms with van der Waals surface area (Å²) < 4.78 is 5.22. The lowest BCUT2D eigenvalue weighted by Gasteiger charge is -2.38. The van der Waals surface area contributed by atoms with Gasteiger partial charge in [-0.25, -0.2) is 0 Å². The van der Waals surface area contributed by atoms with Gasteiger partial charge in [-0.1, -0.05) is 0 Å². The Hall–Kier alpha value is -2.11. The molecule has 22 heavy (non-hydrogen) atoms. The van der Waals surface area contributed by atoms with Gasteiger partial charge in [0.25, 0.3) is 5.91 Å². The molecule has 2 amide bonds. The number of carbonyl (C=O) groups is 2. The van der Waals surface area contributed by atoms with Crippen LogP contribution in [0.25, 0.3) is 0 Å². The van der Waals surface area contributed by atoms with Crippen LogP contribution >= 0.6 is 0 Å². The van der Waals surface area contributed by atoms with Crippen LogP contribution in [0.4, 0.5) is 0 Å². The number of rotatable bonds is 2. The average molecular weight is 303 g/mol. The number of piperidine rings is 1. The highest BCUT2D eigenvalue weighted by Gasteiger charge is 2.44. The van der Waals surface area contributed by atoms with Gasteiger partial charge in [-0.2, -0.15) is 0 Å². The van der Waals surface area contributed by atoms with Gasteiger partial charge in [0.05, 0.1) is 18.9 Å². The molecule has 0 saturated carbocycles. The minimum Gasteiger partial charge on any atom is -0.494 e. The van der Waals surface area contributed by atoms with Gasteiger partial charge in [0.2, 0.25) is 5.91 Å². The molecule has 2 fully saturated rings. The Labute approximate surface area is 130 Å². The summed E-state index contributed by atoms with van der Waals surface area (Å²) in [7, 11) is 3.40. The van der Waals surface area contributed by atoms with E-state index >= 15 is 0 Å². The van der Waals surface area contributed by atoms with Crippen molar-refractivity contribution in [2.75, 3.05) is 33.8 Å². The largest absolute Gasteiger partial charge is 0.494 e. The van der Waals surface area contributed by atoms with Crippen LogP contribution < -0.4 is 4.74 Å². The summed E-state index contributed by atoms with van der Waals surface area (Å²) in [5.41, 5.74) is 0.610. The molecule has 0 bridgehead atoms. The molecule has 2 aliphatic heterocycles. The molecule has 0 N–H and O–H groups in total. The maximum absolute atomic E-state index is 12.7. The maximum atomic E-state index is 12.7. The zero-order valence-corrected chi connectivity index (χ0v) is 13.0. The van der Waals surface area contributed by atoms with Crippen LogP contribution in [0.15, 0.2) is 18.5 Å². The van der Waals surface area contributed by atoms with E-state index in [2.05, 4.69) is 4.98 Å². The van der Waals surface area contributed by atoms with Gasteiger partial charge in [-0.3, -0.25) is 14.6 Å². The van der Waals surface area contributed by atoms with Gasteiger partial charge < -0.3 is 14.5 Å². The number of carbonyl (C=O) groups excluding carboxylic acids is 2. The number of methoxy groups -OCH3 is 1. The van der Waals surface area contributed by atoms with E-state index < -0.39 is 0 Å². The Morgan fingerprint density at radius 1 is 1.36 bits per heavy atom. The Morgan fingerprint density at radius 3 is 2.68 bits per heavy atom. The number of nitrogens with zero attached hydrogens (tertiary/aromatic N) is 3. The van der Waals surface area contributed by atoms with E-state index in [-0.39, 0.29) is 17.2 Å². The topological polar surface area (TPSA) is 62.7 Å². The van der Waals surface area contributed by atoms with Crippen molar-refractivity contribution in [2.24, 2.45) is 5.41 Å². The van der Waals surface area contributed by atoms with Crippen molar-refractivity contribution in [2.45, 2.75) is 19.3 Å². The van der Waals surface area contributed by atoms with Crippen molar-refractivity contribution in [1.82, 2.24) is 14.8 Å². The Balaban J connectivity index is 1.69. The van der Waals surface area contributed by atoms with E-state index in [0.29, 0.717) is 30.8 Å². The number of hydrogen-bond acceptors (Lipinski definition) is 4. The Bertz CT molecular complexity index is 594. The van der Waals surface area contributed by atoms with E-state index in [4.69, 9.17) is 4.74 Å². The highest BCUT2D eigenvalue weighted by atomic mass is 16.5. The monoisotopic (exact) mass is 303 g/mol. The van der Waals surface area contributed by atoms with Gasteiger partial charge in [0.15, 0.2) is 0 Å². The number of ether oxygens (including phenoxy) is 1. The molecule has 2 aliphatic rings.